The molecule has 2 unspecified atom stereocenters. The maximum Gasteiger partial charge on any atom is 0.337 e. The molecule has 2 N–H and O–H groups in total. The van der Waals surface area contributed by atoms with E-state index >= 15 is 0 Å². The molecular formula is C23H26N2O4. The number of benzene rings is 2. The Morgan fingerprint density at radius 3 is 2.31 bits per heavy atom. The molecule has 29 heavy (non-hydrogen) atoms. The van der Waals surface area contributed by atoms with Crippen LogP contribution in [-0.4, -0.2) is 24.9 Å². The maximum atomic E-state index is 12.7. The molecule has 0 saturated heterocycles. The molecular weight excluding hydrogens is 368 g/mol. The predicted molar refractivity (Wildman–Crippen MR) is 112 cm³/mol. The van der Waals surface area contributed by atoms with Crippen molar-refractivity contribution in [2.75, 3.05) is 17.7 Å². The molecule has 0 heterocycles. The number of ether oxygens (including phenoxy) is 1. The number of nitrogens with one attached hydrogen (secondary N) is 2. The number of carbonyl (C=O) groups is 3. The molecule has 1 aliphatic rings. The van der Waals surface area contributed by atoms with Gasteiger partial charge in [-0.25, -0.2) is 4.79 Å². The van der Waals surface area contributed by atoms with Crippen molar-refractivity contribution in [2.24, 2.45) is 11.8 Å². The van der Waals surface area contributed by atoms with Crippen molar-refractivity contribution in [3.05, 3.63) is 59.2 Å². The lowest BCUT2D eigenvalue weighted by Gasteiger charge is -2.16. The van der Waals surface area contributed by atoms with Crippen LogP contribution in [0, 0.1) is 18.8 Å². The Kier molecular flexibility index (Phi) is 6.01. The quantitative estimate of drug-likeness (QED) is 0.722. The van der Waals surface area contributed by atoms with Crippen molar-refractivity contribution in [3.63, 3.8) is 0 Å². The maximum absolute atomic E-state index is 12.7. The van der Waals surface area contributed by atoms with Gasteiger partial charge in [-0.1, -0.05) is 38.1 Å². The van der Waals surface area contributed by atoms with Gasteiger partial charge < -0.3 is 15.4 Å². The molecule has 6 heteroatoms. The zero-order valence-electron chi connectivity index (χ0n) is 17.1. The van der Waals surface area contributed by atoms with E-state index in [0.29, 0.717) is 17.7 Å². The highest BCUT2D eigenvalue weighted by molar-refractivity contribution is 6.04. The highest BCUT2D eigenvalue weighted by Gasteiger charge is 2.48. The molecule has 3 rings (SSSR count). The third kappa shape index (κ3) is 4.65. The summed E-state index contributed by atoms with van der Waals surface area (Å²) in [5.74, 6) is -1.26. The summed E-state index contributed by atoms with van der Waals surface area (Å²) in [4.78, 5) is 36.9. The number of carbonyl (C=O) groups excluding carboxylic acids is 3. The van der Waals surface area contributed by atoms with Crippen LogP contribution >= 0.6 is 0 Å². The number of hydrogen-bond donors (Lipinski definition) is 2. The summed E-state index contributed by atoms with van der Waals surface area (Å²) in [5, 5.41) is 5.81. The number of hydrogen-bond acceptors (Lipinski definition) is 4. The average Bonchev–Trinajstić information content (AvgIpc) is 3.50. The van der Waals surface area contributed by atoms with Crippen LogP contribution in [0.4, 0.5) is 11.4 Å². The van der Waals surface area contributed by atoms with Crippen LogP contribution in [0.1, 0.15) is 47.7 Å². The van der Waals surface area contributed by atoms with Gasteiger partial charge in [0.25, 0.3) is 0 Å². The van der Waals surface area contributed by atoms with Gasteiger partial charge in [0, 0.05) is 11.4 Å². The fraction of sp³-hybridized carbons (Fsp3) is 0.348. The van der Waals surface area contributed by atoms with E-state index < -0.39 is 5.97 Å². The Morgan fingerprint density at radius 2 is 1.66 bits per heavy atom. The topological polar surface area (TPSA) is 84.5 Å². The average molecular weight is 394 g/mol. The van der Waals surface area contributed by atoms with Crippen LogP contribution in [0.3, 0.4) is 0 Å². The third-order valence-electron chi connectivity index (χ3n) is 5.19. The Bertz CT molecular complexity index is 952. The minimum Gasteiger partial charge on any atom is -0.465 e. The van der Waals surface area contributed by atoms with Gasteiger partial charge in [-0.2, -0.15) is 0 Å². The first kappa shape index (κ1) is 20.6. The van der Waals surface area contributed by atoms with Crippen molar-refractivity contribution in [2.45, 2.75) is 33.1 Å². The SMILES string of the molecule is COC(=O)c1cccc(NC(=O)C2CC2C(=O)Nc2c(C)cccc2C(C)C)c1. The van der Waals surface area contributed by atoms with Crippen LogP contribution in [0.5, 0.6) is 0 Å². The summed E-state index contributed by atoms with van der Waals surface area (Å²) < 4.78 is 4.69. The second-order valence-electron chi connectivity index (χ2n) is 7.69. The van der Waals surface area contributed by atoms with Crippen molar-refractivity contribution >= 4 is 29.2 Å². The van der Waals surface area contributed by atoms with Crippen LogP contribution in [0.15, 0.2) is 42.5 Å². The number of esters is 1. The normalized spacial score (nSPS) is 17.6. The highest BCUT2D eigenvalue weighted by Crippen LogP contribution is 2.41. The summed E-state index contributed by atoms with van der Waals surface area (Å²) in [6.07, 6.45) is 0.511. The van der Waals surface area contributed by atoms with Crippen LogP contribution in [-0.2, 0) is 14.3 Å². The second kappa shape index (κ2) is 8.47. The fourth-order valence-electron chi connectivity index (χ4n) is 3.41. The van der Waals surface area contributed by atoms with Gasteiger partial charge in [-0.3, -0.25) is 9.59 Å². The van der Waals surface area contributed by atoms with E-state index in [1.807, 2.05) is 25.1 Å². The Hall–Kier alpha value is -3.15. The highest BCUT2D eigenvalue weighted by atomic mass is 16.5. The molecule has 2 aromatic rings. The molecule has 1 saturated carbocycles. The van der Waals surface area contributed by atoms with Crippen molar-refractivity contribution < 1.29 is 19.1 Å². The smallest absolute Gasteiger partial charge is 0.337 e. The molecule has 2 amide bonds. The Balaban J connectivity index is 1.63. The first-order valence-corrected chi connectivity index (χ1v) is 9.71. The van der Waals surface area contributed by atoms with Gasteiger partial charge in [0.15, 0.2) is 0 Å². The predicted octanol–water partition coefficient (Wildman–Crippen LogP) is 4.12. The lowest BCUT2D eigenvalue weighted by molar-refractivity contribution is -0.122. The molecule has 152 valence electrons. The van der Waals surface area contributed by atoms with Crippen molar-refractivity contribution in [1.29, 1.82) is 0 Å². The molecule has 6 nitrogen and oxygen atoms in total. The summed E-state index contributed by atoms with van der Waals surface area (Å²) in [7, 11) is 1.31. The van der Waals surface area contributed by atoms with E-state index in [-0.39, 0.29) is 29.6 Å². The summed E-state index contributed by atoms with van der Waals surface area (Å²) in [5.41, 5.74) is 3.79. The number of methoxy groups -OCH3 is 1. The van der Waals surface area contributed by atoms with E-state index in [1.54, 1.807) is 24.3 Å². The summed E-state index contributed by atoms with van der Waals surface area (Å²) >= 11 is 0. The van der Waals surface area contributed by atoms with E-state index in [2.05, 4.69) is 24.5 Å². The molecule has 2 aromatic carbocycles. The minimum absolute atomic E-state index is 0.135. The van der Waals surface area contributed by atoms with Gasteiger partial charge in [-0.05, 0) is 48.6 Å². The number of amides is 2. The van der Waals surface area contributed by atoms with Gasteiger partial charge in [-0.15, -0.1) is 0 Å². The monoisotopic (exact) mass is 394 g/mol. The van der Waals surface area contributed by atoms with Gasteiger partial charge in [0.05, 0.1) is 24.5 Å². The van der Waals surface area contributed by atoms with Crippen LogP contribution < -0.4 is 10.6 Å². The van der Waals surface area contributed by atoms with Gasteiger partial charge >= 0.3 is 5.97 Å². The van der Waals surface area contributed by atoms with E-state index in [0.717, 1.165) is 16.8 Å². The van der Waals surface area contributed by atoms with Crippen LogP contribution in [0.25, 0.3) is 0 Å². The first-order valence-electron chi connectivity index (χ1n) is 9.71. The zero-order chi connectivity index (χ0) is 21.1. The molecule has 0 aliphatic heterocycles. The fourth-order valence-corrected chi connectivity index (χ4v) is 3.41. The number of anilines is 2. The molecule has 2 atom stereocenters. The Morgan fingerprint density at radius 1 is 1.00 bits per heavy atom. The lowest BCUT2D eigenvalue weighted by atomic mass is 9.98. The first-order chi connectivity index (χ1) is 13.8. The molecule has 1 fully saturated rings. The van der Waals surface area contributed by atoms with E-state index in [9.17, 15) is 14.4 Å². The van der Waals surface area contributed by atoms with Gasteiger partial charge in [0.2, 0.25) is 11.8 Å². The standard InChI is InChI=1S/C23H26N2O4/c1-13(2)17-10-5-7-14(3)20(17)25-22(27)19-12-18(19)21(26)24-16-9-6-8-15(11-16)23(28)29-4/h5-11,13,18-19H,12H2,1-4H3,(H,24,26)(H,25,27). The number of para-hydroxylation sites is 1. The largest absolute Gasteiger partial charge is 0.465 e. The second-order valence-corrected chi connectivity index (χ2v) is 7.69. The third-order valence-corrected chi connectivity index (χ3v) is 5.19. The molecule has 0 bridgehead atoms. The number of aryl methyl sites for hydroxylation is 1. The van der Waals surface area contributed by atoms with Crippen LogP contribution in [0.2, 0.25) is 0 Å². The molecule has 1 aliphatic carbocycles. The summed E-state index contributed by atoms with van der Waals surface area (Å²) in [6.45, 7) is 6.13. The molecule has 0 radical (unpaired) electrons. The Labute approximate surface area is 170 Å². The summed E-state index contributed by atoms with van der Waals surface area (Å²) in [6, 6.07) is 12.5. The zero-order valence-corrected chi connectivity index (χ0v) is 17.1. The van der Waals surface area contributed by atoms with Crippen molar-refractivity contribution in [1.82, 2.24) is 0 Å². The number of rotatable bonds is 6. The lowest BCUT2D eigenvalue weighted by Crippen LogP contribution is -2.21. The molecule has 0 spiro atoms. The van der Waals surface area contributed by atoms with Crippen molar-refractivity contribution in [3.8, 4) is 0 Å². The van der Waals surface area contributed by atoms with E-state index in [4.69, 9.17) is 4.74 Å². The van der Waals surface area contributed by atoms with Gasteiger partial charge in [0.1, 0.15) is 0 Å². The molecule has 0 aromatic heterocycles. The minimum atomic E-state index is -0.469. The van der Waals surface area contributed by atoms with E-state index in [1.165, 1.54) is 7.11 Å².